The van der Waals surface area contributed by atoms with Gasteiger partial charge in [0.15, 0.2) is 0 Å². The van der Waals surface area contributed by atoms with Crippen LogP contribution in [0.5, 0.6) is 0 Å². The highest BCUT2D eigenvalue weighted by atomic mass is 32.1. The molecule has 1 saturated carbocycles. The number of fused-ring (bicyclic) bond motifs is 1. The zero-order chi connectivity index (χ0) is 14.4. The van der Waals surface area contributed by atoms with Crippen molar-refractivity contribution < 1.29 is 0 Å². The summed E-state index contributed by atoms with van der Waals surface area (Å²) in [6.45, 7) is 2.12. The lowest BCUT2D eigenvalue weighted by Gasteiger charge is -2.15. The summed E-state index contributed by atoms with van der Waals surface area (Å²) in [5.74, 6) is 1.91. The molecule has 21 heavy (non-hydrogen) atoms. The molecule has 1 aliphatic carbocycles. The quantitative estimate of drug-likeness (QED) is 0.790. The van der Waals surface area contributed by atoms with Crippen LogP contribution >= 0.6 is 11.3 Å². The second-order valence-electron chi connectivity index (χ2n) is 5.67. The van der Waals surface area contributed by atoms with Gasteiger partial charge in [0.1, 0.15) is 16.5 Å². The Balaban J connectivity index is 1.91. The maximum Gasteiger partial charge on any atom is 0.142 e. The average molecular weight is 295 g/mol. The van der Waals surface area contributed by atoms with Crippen LogP contribution in [0.25, 0.3) is 10.2 Å². The average Bonchev–Trinajstić information content (AvgIpc) is 3.23. The molecule has 0 bridgehead atoms. The van der Waals surface area contributed by atoms with Gasteiger partial charge in [-0.05, 0) is 31.4 Å². The van der Waals surface area contributed by atoms with Crippen LogP contribution in [0.15, 0.2) is 36.4 Å². The van der Waals surface area contributed by atoms with Crippen LogP contribution in [0, 0.1) is 6.92 Å². The van der Waals surface area contributed by atoms with Gasteiger partial charge in [-0.15, -0.1) is 11.3 Å². The molecule has 2 heterocycles. The molecule has 1 fully saturated rings. The predicted octanol–water partition coefficient (Wildman–Crippen LogP) is 4.12. The van der Waals surface area contributed by atoms with Crippen LogP contribution in [-0.2, 0) is 5.41 Å². The minimum Gasteiger partial charge on any atom is -0.372 e. The van der Waals surface area contributed by atoms with E-state index in [9.17, 15) is 0 Å². The number of nitrogens with zero attached hydrogens (tertiary/aromatic N) is 2. The van der Waals surface area contributed by atoms with E-state index in [-0.39, 0.29) is 5.41 Å². The number of aromatic nitrogens is 2. The lowest BCUT2D eigenvalue weighted by Crippen LogP contribution is -2.14. The SMILES string of the molecule is CNc1nc(C2(c3ccccc3)CC2)nc2sc(C)cc12. The Morgan fingerprint density at radius 3 is 2.57 bits per heavy atom. The molecule has 0 aliphatic heterocycles. The van der Waals surface area contributed by atoms with E-state index >= 15 is 0 Å². The minimum atomic E-state index is 0.0267. The molecule has 0 unspecified atom stereocenters. The zero-order valence-corrected chi connectivity index (χ0v) is 13.0. The molecule has 2 aromatic heterocycles. The van der Waals surface area contributed by atoms with Gasteiger partial charge in [-0.25, -0.2) is 9.97 Å². The maximum absolute atomic E-state index is 4.88. The Bertz CT molecular complexity index is 804. The molecule has 4 rings (SSSR count). The smallest absolute Gasteiger partial charge is 0.142 e. The largest absolute Gasteiger partial charge is 0.372 e. The Morgan fingerprint density at radius 1 is 1.14 bits per heavy atom. The lowest BCUT2D eigenvalue weighted by atomic mass is 9.95. The van der Waals surface area contributed by atoms with Gasteiger partial charge >= 0.3 is 0 Å². The fourth-order valence-electron chi connectivity index (χ4n) is 2.97. The molecule has 0 saturated heterocycles. The molecule has 0 amide bonds. The Morgan fingerprint density at radius 2 is 1.90 bits per heavy atom. The van der Waals surface area contributed by atoms with Crippen molar-refractivity contribution in [1.29, 1.82) is 0 Å². The van der Waals surface area contributed by atoms with Crippen LogP contribution in [-0.4, -0.2) is 17.0 Å². The Kier molecular flexibility index (Phi) is 2.76. The van der Waals surface area contributed by atoms with Crippen molar-refractivity contribution in [1.82, 2.24) is 9.97 Å². The first-order valence-corrected chi connectivity index (χ1v) is 8.06. The van der Waals surface area contributed by atoms with Gasteiger partial charge in [0, 0.05) is 11.9 Å². The third-order valence-corrected chi connectivity index (χ3v) is 5.20. The minimum absolute atomic E-state index is 0.0267. The van der Waals surface area contributed by atoms with Gasteiger partial charge in [-0.3, -0.25) is 0 Å². The highest BCUT2D eigenvalue weighted by Gasteiger charge is 2.48. The molecule has 106 valence electrons. The first kappa shape index (κ1) is 12.8. The number of aryl methyl sites for hydroxylation is 1. The molecule has 4 heteroatoms. The summed E-state index contributed by atoms with van der Waals surface area (Å²) in [6, 6.07) is 12.8. The van der Waals surface area contributed by atoms with Crippen molar-refractivity contribution in [3.63, 3.8) is 0 Å². The van der Waals surface area contributed by atoms with Gasteiger partial charge in [0.05, 0.1) is 10.8 Å². The molecule has 3 nitrogen and oxygen atoms in total. The Hall–Kier alpha value is -1.94. The molecular formula is C17H17N3S. The maximum atomic E-state index is 4.88. The van der Waals surface area contributed by atoms with E-state index < -0.39 is 0 Å². The van der Waals surface area contributed by atoms with Gasteiger partial charge in [-0.1, -0.05) is 30.3 Å². The molecular weight excluding hydrogens is 278 g/mol. The third-order valence-electron chi connectivity index (χ3n) is 4.26. The normalized spacial score (nSPS) is 16.1. The summed E-state index contributed by atoms with van der Waals surface area (Å²) in [4.78, 5) is 12.1. The zero-order valence-electron chi connectivity index (χ0n) is 12.2. The van der Waals surface area contributed by atoms with E-state index in [1.807, 2.05) is 7.05 Å². The number of benzene rings is 1. The van der Waals surface area contributed by atoms with Gasteiger partial charge < -0.3 is 5.32 Å². The van der Waals surface area contributed by atoms with Gasteiger partial charge in [0.25, 0.3) is 0 Å². The summed E-state index contributed by atoms with van der Waals surface area (Å²) in [6.07, 6.45) is 2.27. The Labute approximate surface area is 128 Å². The highest BCUT2D eigenvalue weighted by molar-refractivity contribution is 7.18. The monoisotopic (exact) mass is 295 g/mol. The summed E-state index contributed by atoms with van der Waals surface area (Å²) >= 11 is 1.74. The van der Waals surface area contributed by atoms with E-state index in [4.69, 9.17) is 9.97 Å². The number of nitrogens with one attached hydrogen (secondary N) is 1. The summed E-state index contributed by atoms with van der Waals surface area (Å²) < 4.78 is 0. The van der Waals surface area contributed by atoms with Crippen molar-refractivity contribution in [2.24, 2.45) is 0 Å². The van der Waals surface area contributed by atoms with E-state index in [1.165, 1.54) is 10.4 Å². The van der Waals surface area contributed by atoms with Crippen LogP contribution in [0.1, 0.15) is 29.1 Å². The van der Waals surface area contributed by atoms with Crippen LogP contribution in [0.4, 0.5) is 5.82 Å². The van der Waals surface area contributed by atoms with Crippen LogP contribution in [0.3, 0.4) is 0 Å². The van der Waals surface area contributed by atoms with Crippen LogP contribution in [0.2, 0.25) is 0 Å². The first-order chi connectivity index (χ1) is 10.2. The van der Waals surface area contributed by atoms with Gasteiger partial charge in [0.2, 0.25) is 0 Å². The lowest BCUT2D eigenvalue weighted by molar-refractivity contribution is 0.766. The topological polar surface area (TPSA) is 37.8 Å². The first-order valence-electron chi connectivity index (χ1n) is 7.25. The van der Waals surface area contributed by atoms with E-state index in [2.05, 4.69) is 48.6 Å². The second-order valence-corrected chi connectivity index (χ2v) is 6.90. The molecule has 1 aromatic carbocycles. The summed E-state index contributed by atoms with van der Waals surface area (Å²) in [7, 11) is 1.93. The third kappa shape index (κ3) is 1.94. The standard InChI is InChI=1S/C17H17N3S/c1-11-10-13-14(18-2)19-16(20-15(13)21-11)17(8-9-17)12-6-4-3-5-7-12/h3-7,10H,8-9H2,1-2H3,(H,18,19,20). The molecule has 1 N–H and O–H groups in total. The number of thiophene rings is 1. The second kappa shape index (κ2) is 4.53. The molecule has 0 atom stereocenters. The molecule has 1 aliphatic rings. The molecule has 0 spiro atoms. The van der Waals surface area contributed by atoms with Crippen molar-refractivity contribution in [3.8, 4) is 0 Å². The van der Waals surface area contributed by atoms with E-state index in [0.29, 0.717) is 0 Å². The number of hydrogen-bond acceptors (Lipinski definition) is 4. The number of rotatable bonds is 3. The van der Waals surface area contributed by atoms with Gasteiger partial charge in [-0.2, -0.15) is 0 Å². The number of anilines is 1. The fraction of sp³-hybridized carbons (Fsp3) is 0.294. The van der Waals surface area contributed by atoms with Crippen molar-refractivity contribution >= 4 is 27.4 Å². The molecule has 0 radical (unpaired) electrons. The fourth-order valence-corrected chi connectivity index (χ4v) is 3.85. The summed E-state index contributed by atoms with van der Waals surface area (Å²) in [5, 5.41) is 4.36. The van der Waals surface area contributed by atoms with Crippen molar-refractivity contribution in [2.75, 3.05) is 12.4 Å². The van der Waals surface area contributed by atoms with Crippen LogP contribution < -0.4 is 5.32 Å². The van der Waals surface area contributed by atoms with Crippen molar-refractivity contribution in [2.45, 2.75) is 25.2 Å². The van der Waals surface area contributed by atoms with Crippen molar-refractivity contribution in [3.05, 3.63) is 52.7 Å². The highest BCUT2D eigenvalue weighted by Crippen LogP contribution is 2.52. The molecule has 3 aromatic rings. The van der Waals surface area contributed by atoms with E-state index in [0.717, 1.165) is 34.7 Å². The summed E-state index contributed by atoms with van der Waals surface area (Å²) in [5.41, 5.74) is 1.36. The number of hydrogen-bond donors (Lipinski definition) is 1. The predicted molar refractivity (Wildman–Crippen MR) is 88.2 cm³/mol. The van der Waals surface area contributed by atoms with E-state index in [1.54, 1.807) is 11.3 Å².